The van der Waals surface area contributed by atoms with Gasteiger partial charge in [-0.05, 0) is 85.8 Å². The van der Waals surface area contributed by atoms with Gasteiger partial charge < -0.3 is 9.67 Å². The van der Waals surface area contributed by atoms with Gasteiger partial charge in [0.1, 0.15) is 0 Å². The summed E-state index contributed by atoms with van der Waals surface area (Å²) in [5, 5.41) is 10.1. The van der Waals surface area contributed by atoms with Crippen molar-refractivity contribution < 1.29 is 5.11 Å². The van der Waals surface area contributed by atoms with Gasteiger partial charge in [0.15, 0.2) is 0 Å². The van der Waals surface area contributed by atoms with Gasteiger partial charge >= 0.3 is 0 Å². The quantitative estimate of drug-likeness (QED) is 0.699. The van der Waals surface area contributed by atoms with Crippen molar-refractivity contribution in [3.05, 3.63) is 41.7 Å². The highest BCUT2D eigenvalue weighted by Gasteiger charge is 2.62. The summed E-state index contributed by atoms with van der Waals surface area (Å²) in [4.78, 5) is 0. The molecule has 1 aliphatic heterocycles. The van der Waals surface area contributed by atoms with Crippen LogP contribution in [0.5, 0.6) is 0 Å². The zero-order valence-electron chi connectivity index (χ0n) is 14.5. The standard InChI is InChI=1S/C22H27NO/c1-21-10-8-15(24)13-14(21)4-5-16-17(21)9-11-22-18(16)6-7-19(22)20-3-2-12-23(20)22/h2-4,7,12,15-18,24H,5-6,8-11,13H2,1H3. The van der Waals surface area contributed by atoms with Crippen LogP contribution in [0.2, 0.25) is 0 Å². The minimum absolute atomic E-state index is 0.0929. The third-order valence-electron chi connectivity index (χ3n) is 8.62. The van der Waals surface area contributed by atoms with E-state index in [1.807, 2.05) is 0 Å². The predicted molar refractivity (Wildman–Crippen MR) is 95.4 cm³/mol. The minimum atomic E-state index is -0.0929. The highest BCUT2D eigenvalue weighted by atomic mass is 16.3. The Morgan fingerprint density at radius 1 is 1.12 bits per heavy atom. The molecule has 4 aliphatic carbocycles. The Morgan fingerprint density at radius 3 is 2.96 bits per heavy atom. The Hall–Kier alpha value is -1.28. The molecule has 1 N–H and O–H groups in total. The SMILES string of the molecule is CC12CCC(O)CC1=CCC1C2CCC23C(=CCC12)c1cccn13. The van der Waals surface area contributed by atoms with Crippen molar-refractivity contribution in [3.8, 4) is 0 Å². The maximum absolute atomic E-state index is 10.1. The maximum atomic E-state index is 10.1. The van der Waals surface area contributed by atoms with E-state index in [4.69, 9.17) is 0 Å². The van der Waals surface area contributed by atoms with E-state index < -0.39 is 0 Å². The average Bonchev–Trinajstić information content (AvgIpc) is 3.14. The summed E-state index contributed by atoms with van der Waals surface area (Å²) in [5.41, 5.74) is 5.43. The van der Waals surface area contributed by atoms with E-state index in [0.29, 0.717) is 11.0 Å². The monoisotopic (exact) mass is 321 g/mol. The fourth-order valence-electron chi connectivity index (χ4n) is 7.54. The number of rotatable bonds is 0. The molecule has 0 radical (unpaired) electrons. The first-order chi connectivity index (χ1) is 11.6. The normalized spacial score (nSPS) is 48.1. The number of nitrogens with zero attached hydrogens (tertiary/aromatic N) is 1. The molecule has 126 valence electrons. The molecular weight excluding hydrogens is 294 g/mol. The van der Waals surface area contributed by atoms with Gasteiger partial charge in [0, 0.05) is 11.9 Å². The Kier molecular flexibility index (Phi) is 2.48. The van der Waals surface area contributed by atoms with Gasteiger partial charge in [-0.25, -0.2) is 0 Å². The van der Waals surface area contributed by atoms with Gasteiger partial charge in [-0.15, -0.1) is 0 Å². The van der Waals surface area contributed by atoms with E-state index >= 15 is 0 Å². The van der Waals surface area contributed by atoms with E-state index in [9.17, 15) is 5.11 Å². The topological polar surface area (TPSA) is 25.2 Å². The zero-order valence-corrected chi connectivity index (χ0v) is 14.5. The molecule has 0 bridgehead atoms. The van der Waals surface area contributed by atoms with Crippen LogP contribution in [0.15, 0.2) is 36.1 Å². The lowest BCUT2D eigenvalue weighted by molar-refractivity contribution is -0.0306. The molecule has 0 aromatic carbocycles. The molecule has 6 atom stereocenters. The molecule has 6 rings (SSSR count). The van der Waals surface area contributed by atoms with Gasteiger partial charge in [0.2, 0.25) is 0 Å². The number of aromatic nitrogens is 1. The van der Waals surface area contributed by atoms with Crippen molar-refractivity contribution in [2.75, 3.05) is 0 Å². The van der Waals surface area contributed by atoms with Crippen LogP contribution in [0.3, 0.4) is 0 Å². The van der Waals surface area contributed by atoms with E-state index in [2.05, 4.69) is 42.0 Å². The second kappa shape index (κ2) is 4.27. The molecule has 2 fully saturated rings. The maximum Gasteiger partial charge on any atom is 0.0747 e. The second-order valence-electron chi connectivity index (χ2n) is 9.24. The van der Waals surface area contributed by atoms with Gasteiger partial charge in [0.25, 0.3) is 0 Å². The molecule has 1 aromatic rings. The largest absolute Gasteiger partial charge is 0.393 e. The Labute approximate surface area is 144 Å². The van der Waals surface area contributed by atoms with Gasteiger partial charge in [-0.2, -0.15) is 0 Å². The molecule has 0 amide bonds. The summed E-state index contributed by atoms with van der Waals surface area (Å²) in [6.07, 6.45) is 15.7. The summed E-state index contributed by atoms with van der Waals surface area (Å²) in [7, 11) is 0. The number of allylic oxidation sites excluding steroid dienone is 3. The van der Waals surface area contributed by atoms with Crippen LogP contribution < -0.4 is 0 Å². The van der Waals surface area contributed by atoms with E-state index in [1.54, 1.807) is 11.1 Å². The number of hydrogen-bond acceptors (Lipinski definition) is 1. The summed E-state index contributed by atoms with van der Waals surface area (Å²) in [5.74, 6) is 2.45. The molecule has 2 saturated carbocycles. The third-order valence-corrected chi connectivity index (χ3v) is 8.62. The van der Waals surface area contributed by atoms with Crippen LogP contribution in [0.25, 0.3) is 5.57 Å². The molecule has 24 heavy (non-hydrogen) atoms. The summed E-state index contributed by atoms with van der Waals surface area (Å²) >= 11 is 0. The Morgan fingerprint density at radius 2 is 2.04 bits per heavy atom. The molecule has 2 heterocycles. The fourth-order valence-corrected chi connectivity index (χ4v) is 7.54. The highest BCUT2D eigenvalue weighted by molar-refractivity contribution is 5.80. The first-order valence-electron chi connectivity index (χ1n) is 9.91. The van der Waals surface area contributed by atoms with Crippen LogP contribution in [-0.2, 0) is 5.54 Å². The van der Waals surface area contributed by atoms with Crippen molar-refractivity contribution in [1.29, 1.82) is 0 Å². The van der Waals surface area contributed by atoms with Gasteiger partial charge in [-0.1, -0.05) is 24.6 Å². The minimum Gasteiger partial charge on any atom is -0.393 e. The van der Waals surface area contributed by atoms with Crippen LogP contribution in [0.1, 0.15) is 57.6 Å². The molecular formula is C22H27NO. The zero-order chi connectivity index (χ0) is 16.1. The van der Waals surface area contributed by atoms with Crippen LogP contribution in [0, 0.1) is 23.2 Å². The summed E-state index contributed by atoms with van der Waals surface area (Å²) in [6, 6.07) is 4.53. The second-order valence-corrected chi connectivity index (χ2v) is 9.24. The fraction of sp³-hybridized carbons (Fsp3) is 0.636. The lowest BCUT2D eigenvalue weighted by Crippen LogP contribution is -2.57. The van der Waals surface area contributed by atoms with E-state index in [-0.39, 0.29) is 6.10 Å². The molecule has 6 unspecified atom stereocenters. The molecule has 1 aromatic heterocycles. The smallest absolute Gasteiger partial charge is 0.0747 e. The van der Waals surface area contributed by atoms with Crippen molar-refractivity contribution in [2.45, 2.75) is 63.5 Å². The van der Waals surface area contributed by atoms with E-state index in [1.165, 1.54) is 37.8 Å². The first kappa shape index (κ1) is 13.9. The molecule has 2 nitrogen and oxygen atoms in total. The number of aliphatic hydroxyl groups excluding tert-OH is 1. The molecule has 2 heteroatoms. The number of hydrogen-bond donors (Lipinski definition) is 1. The van der Waals surface area contributed by atoms with Gasteiger partial charge in [0.05, 0.1) is 11.6 Å². The Balaban J connectivity index is 1.42. The average molecular weight is 321 g/mol. The lowest BCUT2D eigenvalue weighted by atomic mass is 9.48. The Bertz CT molecular complexity index is 786. The molecule has 5 aliphatic rings. The van der Waals surface area contributed by atoms with Crippen LogP contribution >= 0.6 is 0 Å². The summed E-state index contributed by atoms with van der Waals surface area (Å²) in [6.45, 7) is 2.52. The number of aliphatic hydroxyl groups is 1. The van der Waals surface area contributed by atoms with Crippen molar-refractivity contribution >= 4 is 5.57 Å². The molecule has 1 spiro atoms. The van der Waals surface area contributed by atoms with Crippen molar-refractivity contribution in [3.63, 3.8) is 0 Å². The van der Waals surface area contributed by atoms with Gasteiger partial charge in [-0.3, -0.25) is 0 Å². The molecule has 0 saturated heterocycles. The van der Waals surface area contributed by atoms with Crippen molar-refractivity contribution in [2.24, 2.45) is 23.2 Å². The van der Waals surface area contributed by atoms with Crippen molar-refractivity contribution in [1.82, 2.24) is 4.57 Å². The lowest BCUT2D eigenvalue weighted by Gasteiger charge is -2.61. The predicted octanol–water partition coefficient (Wildman–Crippen LogP) is 4.51. The van der Waals surface area contributed by atoms with Crippen LogP contribution in [-0.4, -0.2) is 15.8 Å². The first-order valence-corrected chi connectivity index (χ1v) is 9.91. The van der Waals surface area contributed by atoms with Crippen LogP contribution in [0.4, 0.5) is 0 Å². The third kappa shape index (κ3) is 1.37. The number of fused-ring (bicyclic) bond motifs is 6. The van der Waals surface area contributed by atoms with E-state index in [0.717, 1.165) is 30.6 Å². The highest BCUT2D eigenvalue weighted by Crippen LogP contribution is 2.68. The summed E-state index contributed by atoms with van der Waals surface area (Å²) < 4.78 is 2.61.